The van der Waals surface area contributed by atoms with Gasteiger partial charge in [-0.3, -0.25) is 4.79 Å². The van der Waals surface area contributed by atoms with Crippen LogP contribution in [0.5, 0.6) is 0 Å². The SMILES string of the molecule is CCC(=O)N[C@H]1[C@H]([C@H](O)[C@H](O)CO)O[C@@](OCc2ccccc2)(C(=O)O)C[C@@H]1O. The Labute approximate surface area is 167 Å². The second-order valence-electron chi connectivity index (χ2n) is 6.87. The van der Waals surface area contributed by atoms with Crippen molar-refractivity contribution in [2.45, 2.75) is 62.6 Å². The minimum Gasteiger partial charge on any atom is -0.477 e. The van der Waals surface area contributed by atoms with E-state index in [9.17, 15) is 30.0 Å². The molecule has 0 bridgehead atoms. The highest BCUT2D eigenvalue weighted by Crippen LogP contribution is 2.34. The first-order chi connectivity index (χ1) is 13.7. The third-order valence-electron chi connectivity index (χ3n) is 4.78. The van der Waals surface area contributed by atoms with Gasteiger partial charge in [0, 0.05) is 12.8 Å². The Morgan fingerprint density at radius 2 is 1.97 bits per heavy atom. The molecule has 2 rings (SSSR count). The maximum Gasteiger partial charge on any atom is 0.364 e. The van der Waals surface area contributed by atoms with Gasteiger partial charge in [-0.2, -0.15) is 0 Å². The van der Waals surface area contributed by atoms with E-state index in [0.29, 0.717) is 5.56 Å². The number of carbonyl (C=O) groups excluding carboxylic acids is 1. The van der Waals surface area contributed by atoms with Gasteiger partial charge in [-0.1, -0.05) is 37.3 Å². The number of carboxylic acids is 1. The molecule has 10 nitrogen and oxygen atoms in total. The Morgan fingerprint density at radius 1 is 1.31 bits per heavy atom. The molecule has 1 aliphatic rings. The van der Waals surface area contributed by atoms with Gasteiger partial charge in [0.15, 0.2) is 0 Å². The Balaban J connectivity index is 2.31. The minimum absolute atomic E-state index is 0.0726. The van der Waals surface area contributed by atoms with Crippen LogP contribution in [-0.4, -0.2) is 80.3 Å². The van der Waals surface area contributed by atoms with Crippen molar-refractivity contribution in [2.75, 3.05) is 6.61 Å². The molecule has 0 saturated carbocycles. The smallest absolute Gasteiger partial charge is 0.364 e. The number of hydrogen-bond acceptors (Lipinski definition) is 8. The third-order valence-corrected chi connectivity index (χ3v) is 4.78. The van der Waals surface area contributed by atoms with Crippen molar-refractivity contribution >= 4 is 11.9 Å². The van der Waals surface area contributed by atoms with Gasteiger partial charge >= 0.3 is 5.97 Å². The number of rotatable bonds is 9. The average molecular weight is 413 g/mol. The van der Waals surface area contributed by atoms with E-state index in [1.807, 2.05) is 0 Å². The highest BCUT2D eigenvalue weighted by Gasteiger charge is 2.55. The van der Waals surface area contributed by atoms with Crippen molar-refractivity contribution in [3.05, 3.63) is 35.9 Å². The molecule has 1 aromatic carbocycles. The van der Waals surface area contributed by atoms with Crippen molar-refractivity contribution in [1.29, 1.82) is 0 Å². The van der Waals surface area contributed by atoms with Crippen LogP contribution in [0.4, 0.5) is 0 Å². The molecule has 6 atom stereocenters. The van der Waals surface area contributed by atoms with Crippen LogP contribution in [0, 0.1) is 0 Å². The molecule has 0 radical (unpaired) electrons. The van der Waals surface area contributed by atoms with E-state index >= 15 is 0 Å². The lowest BCUT2D eigenvalue weighted by atomic mass is 9.88. The maximum absolute atomic E-state index is 12.0. The number of carboxylic acid groups (broad SMARTS) is 1. The van der Waals surface area contributed by atoms with Crippen molar-refractivity contribution in [2.24, 2.45) is 0 Å². The lowest BCUT2D eigenvalue weighted by Crippen LogP contribution is -2.68. The minimum atomic E-state index is -2.33. The van der Waals surface area contributed by atoms with Gasteiger partial charge in [0.25, 0.3) is 5.79 Å². The van der Waals surface area contributed by atoms with Gasteiger partial charge in [-0.25, -0.2) is 4.79 Å². The van der Waals surface area contributed by atoms with Crippen molar-refractivity contribution in [3.8, 4) is 0 Å². The summed E-state index contributed by atoms with van der Waals surface area (Å²) in [5.74, 6) is -4.34. The molecule has 10 heteroatoms. The molecule has 162 valence electrons. The molecule has 0 unspecified atom stereocenters. The number of amides is 1. The first-order valence-electron chi connectivity index (χ1n) is 9.27. The maximum atomic E-state index is 12.0. The summed E-state index contributed by atoms with van der Waals surface area (Å²) in [7, 11) is 0. The molecule has 1 aliphatic heterocycles. The van der Waals surface area contributed by atoms with Crippen LogP contribution in [0.15, 0.2) is 30.3 Å². The first kappa shape index (κ1) is 23.2. The zero-order chi connectivity index (χ0) is 21.6. The topological polar surface area (TPSA) is 166 Å². The third kappa shape index (κ3) is 5.50. The predicted molar refractivity (Wildman–Crippen MR) is 98.4 cm³/mol. The Hall–Kier alpha value is -2.08. The van der Waals surface area contributed by atoms with Crippen LogP contribution in [0.3, 0.4) is 0 Å². The fourth-order valence-corrected chi connectivity index (χ4v) is 3.10. The molecule has 1 amide bonds. The van der Waals surface area contributed by atoms with Gasteiger partial charge in [-0.05, 0) is 5.56 Å². The van der Waals surface area contributed by atoms with Gasteiger partial charge in [0.1, 0.15) is 18.3 Å². The van der Waals surface area contributed by atoms with Crippen LogP contribution < -0.4 is 5.32 Å². The van der Waals surface area contributed by atoms with Crippen molar-refractivity contribution in [1.82, 2.24) is 5.32 Å². The van der Waals surface area contributed by atoms with E-state index in [-0.39, 0.29) is 13.0 Å². The van der Waals surface area contributed by atoms with Crippen molar-refractivity contribution < 1.29 is 44.6 Å². The zero-order valence-corrected chi connectivity index (χ0v) is 16.0. The summed E-state index contributed by atoms with van der Waals surface area (Å²) in [5.41, 5.74) is 0.653. The Morgan fingerprint density at radius 3 is 2.52 bits per heavy atom. The molecule has 0 spiro atoms. The average Bonchev–Trinajstić information content (AvgIpc) is 2.73. The second kappa shape index (κ2) is 10.1. The fraction of sp³-hybridized carbons (Fsp3) is 0.579. The first-order valence-corrected chi connectivity index (χ1v) is 9.27. The molecule has 1 heterocycles. The number of aliphatic hydroxyl groups is 4. The molecule has 0 aromatic heterocycles. The van der Waals surface area contributed by atoms with E-state index in [1.165, 1.54) is 0 Å². The highest BCUT2D eigenvalue weighted by molar-refractivity contribution is 5.77. The summed E-state index contributed by atoms with van der Waals surface area (Å²) >= 11 is 0. The lowest BCUT2D eigenvalue weighted by Gasteiger charge is -2.46. The summed E-state index contributed by atoms with van der Waals surface area (Å²) in [6, 6.07) is 7.46. The summed E-state index contributed by atoms with van der Waals surface area (Å²) in [6.45, 7) is 0.581. The van der Waals surface area contributed by atoms with E-state index in [1.54, 1.807) is 37.3 Å². The molecule has 29 heavy (non-hydrogen) atoms. The monoisotopic (exact) mass is 413 g/mol. The van der Waals surface area contributed by atoms with Crippen LogP contribution in [0.2, 0.25) is 0 Å². The number of carbonyl (C=O) groups is 2. The zero-order valence-electron chi connectivity index (χ0n) is 16.0. The molecule has 6 N–H and O–H groups in total. The second-order valence-corrected chi connectivity index (χ2v) is 6.87. The molecule has 1 saturated heterocycles. The van der Waals surface area contributed by atoms with Gasteiger partial charge < -0.3 is 40.3 Å². The predicted octanol–water partition coefficient (Wildman–Crippen LogP) is -1.26. The Kier molecular flexibility index (Phi) is 8.08. The molecule has 1 fully saturated rings. The Bertz CT molecular complexity index is 686. The van der Waals surface area contributed by atoms with Crippen LogP contribution in [0.25, 0.3) is 0 Å². The van der Waals surface area contributed by atoms with Gasteiger partial charge in [0.2, 0.25) is 5.91 Å². The van der Waals surface area contributed by atoms with E-state index in [0.717, 1.165) is 0 Å². The molecule has 0 aliphatic carbocycles. The van der Waals surface area contributed by atoms with Crippen LogP contribution in [0.1, 0.15) is 25.3 Å². The van der Waals surface area contributed by atoms with Crippen molar-refractivity contribution in [3.63, 3.8) is 0 Å². The summed E-state index contributed by atoms with van der Waals surface area (Å²) in [5, 5.41) is 52.1. The molecular formula is C19H27NO9. The summed E-state index contributed by atoms with van der Waals surface area (Å²) in [4.78, 5) is 23.8. The van der Waals surface area contributed by atoms with E-state index in [2.05, 4.69) is 5.32 Å². The number of aliphatic carboxylic acids is 1. The number of aliphatic hydroxyl groups excluding tert-OH is 4. The van der Waals surface area contributed by atoms with Crippen LogP contribution in [-0.2, 0) is 25.7 Å². The number of nitrogens with one attached hydrogen (secondary N) is 1. The lowest BCUT2D eigenvalue weighted by molar-refractivity contribution is -0.314. The number of ether oxygens (including phenoxy) is 2. The van der Waals surface area contributed by atoms with Gasteiger partial charge in [-0.15, -0.1) is 0 Å². The number of hydrogen-bond donors (Lipinski definition) is 6. The van der Waals surface area contributed by atoms with E-state index < -0.39 is 61.1 Å². The highest BCUT2D eigenvalue weighted by atomic mass is 16.7. The summed E-state index contributed by atoms with van der Waals surface area (Å²) in [6.07, 6.45) is -6.95. The van der Waals surface area contributed by atoms with E-state index in [4.69, 9.17) is 14.6 Å². The normalized spacial score (nSPS) is 29.1. The standard InChI is InChI=1S/C19H27NO9/c1-2-14(24)20-15-12(22)8-19(18(26)27,28-10-11-6-4-3-5-7-11)29-17(15)16(25)13(23)9-21/h3-7,12-13,15-17,21-23,25H,2,8-10H2,1H3,(H,20,24)(H,26,27)/t12-,13+,15+,16+,17+,19+/m0/s1. The number of benzene rings is 1. The fourth-order valence-electron chi connectivity index (χ4n) is 3.10. The largest absolute Gasteiger partial charge is 0.477 e. The quantitative estimate of drug-likeness (QED) is 0.290. The van der Waals surface area contributed by atoms with Crippen LogP contribution >= 0.6 is 0 Å². The van der Waals surface area contributed by atoms with Gasteiger partial charge in [0.05, 0.1) is 25.4 Å². The summed E-state index contributed by atoms with van der Waals surface area (Å²) < 4.78 is 11.1. The molecule has 1 aromatic rings. The molecular weight excluding hydrogens is 386 g/mol.